The van der Waals surface area contributed by atoms with Crippen LogP contribution in [0.1, 0.15) is 62.0 Å². The molecule has 6 heterocycles. The summed E-state index contributed by atoms with van der Waals surface area (Å²) in [6.45, 7) is 8.42. The fourth-order valence-corrected chi connectivity index (χ4v) is 6.31. The van der Waals surface area contributed by atoms with Crippen LogP contribution in [0.25, 0.3) is 11.2 Å². The first kappa shape index (κ1) is 23.2. The highest BCUT2D eigenvalue weighted by Gasteiger charge is 2.32. The topological polar surface area (TPSA) is 74.9 Å². The van der Waals surface area contributed by atoms with Gasteiger partial charge in [-0.2, -0.15) is 14.6 Å². The molecular weight excluding hydrogens is 488 g/mol. The van der Waals surface area contributed by atoms with Gasteiger partial charge in [0.25, 0.3) is 0 Å². The number of nitrogens with zero attached hydrogens (tertiary/aromatic N) is 8. The van der Waals surface area contributed by atoms with Crippen molar-refractivity contribution in [2.24, 2.45) is 0 Å². The number of aryl methyl sites for hydroxylation is 1. The van der Waals surface area contributed by atoms with Gasteiger partial charge in [-0.3, -0.25) is 0 Å². The summed E-state index contributed by atoms with van der Waals surface area (Å²) in [5, 5.41) is 5.54. The highest BCUT2D eigenvalue weighted by Crippen LogP contribution is 2.40. The fraction of sp³-hybridized carbons (Fsp3) is 0.556. The molecule has 194 valence electrons. The number of morpholine rings is 1. The molecular formula is C27H33ClN8O. The second kappa shape index (κ2) is 9.44. The monoisotopic (exact) mass is 520 g/mol. The predicted octanol–water partition coefficient (Wildman–Crippen LogP) is 4.30. The van der Waals surface area contributed by atoms with Crippen LogP contribution in [0.5, 0.6) is 0 Å². The van der Waals surface area contributed by atoms with Crippen LogP contribution in [0.15, 0.2) is 18.2 Å². The van der Waals surface area contributed by atoms with E-state index in [1.165, 1.54) is 12.0 Å². The van der Waals surface area contributed by atoms with E-state index in [-0.39, 0.29) is 6.04 Å². The highest BCUT2D eigenvalue weighted by molar-refractivity contribution is 6.28. The second-order valence-corrected chi connectivity index (χ2v) is 10.9. The van der Waals surface area contributed by atoms with Gasteiger partial charge in [0, 0.05) is 50.4 Å². The van der Waals surface area contributed by atoms with Crippen molar-refractivity contribution in [3.05, 3.63) is 40.4 Å². The zero-order valence-corrected chi connectivity index (χ0v) is 22.1. The molecule has 37 heavy (non-hydrogen) atoms. The summed E-state index contributed by atoms with van der Waals surface area (Å²) >= 11 is 6.46. The van der Waals surface area contributed by atoms with E-state index in [9.17, 15) is 0 Å². The number of rotatable bonds is 4. The van der Waals surface area contributed by atoms with Gasteiger partial charge >= 0.3 is 0 Å². The Bertz CT molecular complexity index is 1360. The number of anilines is 3. The van der Waals surface area contributed by atoms with Crippen molar-refractivity contribution in [1.82, 2.24) is 24.6 Å². The minimum Gasteiger partial charge on any atom is -0.378 e. The fourth-order valence-electron chi connectivity index (χ4n) is 6.13. The third-order valence-corrected chi connectivity index (χ3v) is 8.38. The Morgan fingerprint density at radius 2 is 1.81 bits per heavy atom. The number of allylic oxidation sites excluding steroid dienone is 2. The summed E-state index contributed by atoms with van der Waals surface area (Å²) in [5.74, 6) is 3.10. The molecule has 0 saturated carbocycles. The van der Waals surface area contributed by atoms with E-state index in [0.29, 0.717) is 5.28 Å². The maximum Gasteiger partial charge on any atom is 0.224 e. The average Bonchev–Trinajstić information content (AvgIpc) is 3.31. The van der Waals surface area contributed by atoms with Crippen LogP contribution in [-0.4, -0.2) is 70.5 Å². The summed E-state index contributed by atoms with van der Waals surface area (Å²) < 4.78 is 7.68. The molecule has 9 nitrogen and oxygen atoms in total. The molecule has 0 amide bonds. The molecule has 3 fully saturated rings. The van der Waals surface area contributed by atoms with Crippen LogP contribution < -0.4 is 14.7 Å². The average molecular weight is 521 g/mol. The van der Waals surface area contributed by atoms with E-state index in [0.717, 1.165) is 118 Å². The summed E-state index contributed by atoms with van der Waals surface area (Å²) in [6.07, 6.45) is 8.73. The van der Waals surface area contributed by atoms with E-state index >= 15 is 0 Å². The van der Waals surface area contributed by atoms with Crippen LogP contribution in [0.4, 0.5) is 17.5 Å². The van der Waals surface area contributed by atoms with Crippen molar-refractivity contribution >= 4 is 40.3 Å². The molecule has 0 bridgehead atoms. The van der Waals surface area contributed by atoms with E-state index in [1.807, 2.05) is 4.52 Å². The van der Waals surface area contributed by atoms with Gasteiger partial charge in [-0.1, -0.05) is 6.08 Å². The molecule has 1 aliphatic carbocycles. The lowest BCUT2D eigenvalue weighted by molar-refractivity contribution is 0.122. The lowest BCUT2D eigenvalue weighted by Gasteiger charge is -2.37. The van der Waals surface area contributed by atoms with Gasteiger partial charge in [-0.15, -0.1) is 0 Å². The molecule has 0 spiro atoms. The van der Waals surface area contributed by atoms with Crippen LogP contribution in [0.2, 0.25) is 5.28 Å². The minimum absolute atomic E-state index is 0.116. The zero-order valence-electron chi connectivity index (χ0n) is 21.4. The summed E-state index contributed by atoms with van der Waals surface area (Å²) in [5.41, 5.74) is 5.40. The SMILES string of the molecule is CC1=CCCc2nc(Cl)nc(N3CCCCC3c3cc4nc(N5CCC5)cc(N5CCOCC5)n4n3)c21. The lowest BCUT2D eigenvalue weighted by Crippen LogP contribution is -2.40. The Kier molecular flexibility index (Phi) is 5.92. The number of aromatic nitrogens is 5. The van der Waals surface area contributed by atoms with E-state index < -0.39 is 0 Å². The molecule has 1 unspecified atom stereocenters. The van der Waals surface area contributed by atoms with Crippen molar-refractivity contribution in [2.75, 3.05) is 60.6 Å². The maximum atomic E-state index is 6.46. The molecule has 1 atom stereocenters. The Hall–Kier alpha value is -2.91. The molecule has 0 N–H and O–H groups in total. The second-order valence-electron chi connectivity index (χ2n) is 10.5. The van der Waals surface area contributed by atoms with Crippen molar-refractivity contribution in [2.45, 2.75) is 51.5 Å². The Morgan fingerprint density at radius 1 is 0.946 bits per heavy atom. The number of ether oxygens (including phenoxy) is 1. The first-order valence-electron chi connectivity index (χ1n) is 13.6. The Morgan fingerprint density at radius 3 is 2.62 bits per heavy atom. The third kappa shape index (κ3) is 4.12. The van der Waals surface area contributed by atoms with Gasteiger partial charge in [-0.25, -0.2) is 9.97 Å². The van der Waals surface area contributed by atoms with Crippen LogP contribution in [0.3, 0.4) is 0 Å². The quantitative estimate of drug-likeness (QED) is 0.471. The summed E-state index contributed by atoms with van der Waals surface area (Å²) in [7, 11) is 0. The number of fused-ring (bicyclic) bond motifs is 2. The normalized spacial score (nSPS) is 22.2. The molecule has 3 saturated heterocycles. The van der Waals surface area contributed by atoms with E-state index in [1.54, 1.807) is 0 Å². The summed E-state index contributed by atoms with van der Waals surface area (Å²) in [6, 6.07) is 4.51. The minimum atomic E-state index is 0.116. The number of hydrogen-bond donors (Lipinski definition) is 0. The number of piperidine rings is 1. The molecule has 7 rings (SSSR count). The van der Waals surface area contributed by atoms with Gasteiger partial charge in [0.15, 0.2) is 5.65 Å². The Labute approximate surface area is 222 Å². The van der Waals surface area contributed by atoms with Gasteiger partial charge in [-0.05, 0) is 62.6 Å². The Balaban J connectivity index is 1.33. The third-order valence-electron chi connectivity index (χ3n) is 8.21. The molecule has 4 aliphatic rings. The molecule has 0 radical (unpaired) electrons. The van der Waals surface area contributed by atoms with Crippen LogP contribution >= 0.6 is 11.6 Å². The standard InChI is InChI=1S/C27H33ClN8O/c1-18-6-4-7-19-25(18)26(31-27(28)29-19)35-11-3-2-8-21(35)20-16-23-30-22(33-9-5-10-33)17-24(36(23)32-20)34-12-14-37-15-13-34/h6,16-17,21H,2-5,7-15H2,1H3. The molecule has 3 aromatic rings. The molecule has 3 aliphatic heterocycles. The van der Waals surface area contributed by atoms with Gasteiger partial charge in [0.05, 0.1) is 30.6 Å². The predicted molar refractivity (Wildman–Crippen MR) is 146 cm³/mol. The van der Waals surface area contributed by atoms with E-state index in [4.69, 9.17) is 31.4 Å². The lowest BCUT2D eigenvalue weighted by atomic mass is 9.93. The first-order valence-corrected chi connectivity index (χ1v) is 14.0. The first-order chi connectivity index (χ1) is 18.2. The molecule has 3 aromatic heterocycles. The zero-order chi connectivity index (χ0) is 24.9. The van der Waals surface area contributed by atoms with Crippen LogP contribution in [-0.2, 0) is 11.2 Å². The van der Waals surface area contributed by atoms with Gasteiger partial charge in [0.1, 0.15) is 17.5 Å². The molecule has 0 aromatic carbocycles. The summed E-state index contributed by atoms with van der Waals surface area (Å²) in [4.78, 5) is 21.6. The maximum absolute atomic E-state index is 6.46. The van der Waals surface area contributed by atoms with Crippen molar-refractivity contribution in [1.29, 1.82) is 0 Å². The van der Waals surface area contributed by atoms with Crippen LogP contribution in [0, 0.1) is 0 Å². The van der Waals surface area contributed by atoms with Crippen molar-refractivity contribution in [3.63, 3.8) is 0 Å². The number of halogens is 1. The van der Waals surface area contributed by atoms with Crippen molar-refractivity contribution < 1.29 is 4.74 Å². The van der Waals surface area contributed by atoms with Crippen molar-refractivity contribution in [3.8, 4) is 0 Å². The van der Waals surface area contributed by atoms with E-state index in [2.05, 4.69) is 44.8 Å². The van der Waals surface area contributed by atoms with Gasteiger partial charge in [0.2, 0.25) is 5.28 Å². The smallest absolute Gasteiger partial charge is 0.224 e. The number of hydrogen-bond acceptors (Lipinski definition) is 8. The molecule has 10 heteroatoms. The van der Waals surface area contributed by atoms with Gasteiger partial charge < -0.3 is 19.4 Å². The highest BCUT2D eigenvalue weighted by atomic mass is 35.5. The largest absolute Gasteiger partial charge is 0.378 e.